The van der Waals surface area contributed by atoms with E-state index in [-0.39, 0.29) is 35.7 Å². The van der Waals surface area contributed by atoms with Gasteiger partial charge in [0.25, 0.3) is 0 Å². The Labute approximate surface area is 251 Å². The summed E-state index contributed by atoms with van der Waals surface area (Å²) in [4.78, 5) is 34.0. The standard InChI is InChI=1S/C33H37FN4O5/c1-21-26(25-9-8-23(34)18-28(25)27(21)19-31(39)36-20-24-7-5-6-10-35-24)15-22-16-29(41-3)32(30(17-22)42-4)43-33(40)38-13-11-37(2)12-14-38/h5-10,15-18,21,27H,11-14,19-20H2,1-4H3,(H,36,39). The fourth-order valence-electron chi connectivity index (χ4n) is 5.70. The minimum absolute atomic E-state index is 0.0795. The normalized spacial score (nSPS) is 19.2. The van der Waals surface area contributed by atoms with E-state index in [1.165, 1.54) is 26.4 Å². The summed E-state index contributed by atoms with van der Waals surface area (Å²) in [5, 5.41) is 2.94. The molecule has 2 unspecified atom stereocenters. The van der Waals surface area contributed by atoms with E-state index in [0.717, 1.165) is 41.0 Å². The average molecular weight is 589 g/mol. The number of amides is 2. The number of methoxy groups -OCH3 is 2. The highest BCUT2D eigenvalue weighted by atomic mass is 19.1. The maximum absolute atomic E-state index is 14.4. The van der Waals surface area contributed by atoms with E-state index in [0.29, 0.717) is 31.1 Å². The highest BCUT2D eigenvalue weighted by molar-refractivity contribution is 5.90. The van der Waals surface area contributed by atoms with Crippen molar-refractivity contribution in [1.82, 2.24) is 20.1 Å². The number of carbonyl (C=O) groups is 2. The lowest BCUT2D eigenvalue weighted by Crippen LogP contribution is -2.48. The van der Waals surface area contributed by atoms with Crippen molar-refractivity contribution >= 4 is 23.6 Å². The van der Waals surface area contributed by atoms with Crippen molar-refractivity contribution in [3.63, 3.8) is 0 Å². The van der Waals surface area contributed by atoms with Gasteiger partial charge in [-0.25, -0.2) is 9.18 Å². The summed E-state index contributed by atoms with van der Waals surface area (Å²) in [6.45, 7) is 5.05. The number of nitrogens with one attached hydrogen (secondary N) is 1. The van der Waals surface area contributed by atoms with Crippen molar-refractivity contribution in [2.24, 2.45) is 5.92 Å². The molecule has 0 spiro atoms. The first-order valence-corrected chi connectivity index (χ1v) is 14.4. The third kappa shape index (κ3) is 6.80. The summed E-state index contributed by atoms with van der Waals surface area (Å²) < 4.78 is 31.4. The Hall–Kier alpha value is -4.44. The molecule has 2 aliphatic rings. The summed E-state index contributed by atoms with van der Waals surface area (Å²) >= 11 is 0. The summed E-state index contributed by atoms with van der Waals surface area (Å²) in [7, 11) is 5.03. The molecule has 1 aromatic heterocycles. The molecule has 5 rings (SSSR count). The second kappa shape index (κ2) is 13.2. The number of nitrogens with zero attached hydrogens (tertiary/aromatic N) is 3. The van der Waals surface area contributed by atoms with Gasteiger partial charge < -0.3 is 29.3 Å². The van der Waals surface area contributed by atoms with Gasteiger partial charge in [-0.2, -0.15) is 0 Å². The quantitative estimate of drug-likeness (QED) is 0.398. The largest absolute Gasteiger partial charge is 0.493 e. The van der Waals surface area contributed by atoms with Gasteiger partial charge in [-0.1, -0.05) is 25.1 Å². The molecule has 1 N–H and O–H groups in total. The van der Waals surface area contributed by atoms with Crippen molar-refractivity contribution < 1.29 is 28.2 Å². The SMILES string of the molecule is COc1cc(C=C2c3ccc(F)cc3C(CC(=O)NCc3ccccn3)C2C)cc(OC)c1OC(=O)N1CCN(C)CC1. The van der Waals surface area contributed by atoms with Crippen LogP contribution >= 0.6 is 0 Å². The predicted octanol–water partition coefficient (Wildman–Crippen LogP) is 4.96. The van der Waals surface area contributed by atoms with Crippen molar-refractivity contribution in [2.45, 2.75) is 25.8 Å². The highest BCUT2D eigenvalue weighted by Gasteiger charge is 2.35. The molecule has 2 atom stereocenters. The van der Waals surface area contributed by atoms with Crippen molar-refractivity contribution in [3.05, 3.63) is 82.9 Å². The molecule has 2 aromatic carbocycles. The Balaban J connectivity index is 1.39. The van der Waals surface area contributed by atoms with Crippen LogP contribution in [0.3, 0.4) is 0 Å². The molecule has 43 heavy (non-hydrogen) atoms. The maximum Gasteiger partial charge on any atom is 0.415 e. The number of rotatable bonds is 8. The van der Waals surface area contributed by atoms with Crippen LogP contribution in [0.2, 0.25) is 0 Å². The van der Waals surface area contributed by atoms with E-state index < -0.39 is 6.09 Å². The molecule has 1 aliphatic heterocycles. The van der Waals surface area contributed by atoms with E-state index in [1.807, 2.05) is 38.2 Å². The first-order chi connectivity index (χ1) is 20.8. The summed E-state index contributed by atoms with van der Waals surface area (Å²) in [6.07, 6.45) is 3.42. The van der Waals surface area contributed by atoms with Gasteiger partial charge in [0.15, 0.2) is 11.5 Å². The van der Waals surface area contributed by atoms with Gasteiger partial charge in [-0.05, 0) is 77.5 Å². The van der Waals surface area contributed by atoms with Crippen LogP contribution in [0.25, 0.3) is 11.6 Å². The molecule has 0 radical (unpaired) electrons. The summed E-state index contributed by atoms with van der Waals surface area (Å²) in [5.41, 5.74) is 4.17. The monoisotopic (exact) mass is 588 g/mol. The second-order valence-electron chi connectivity index (χ2n) is 10.9. The number of aromatic nitrogens is 1. The Kier molecular flexibility index (Phi) is 9.25. The molecular weight excluding hydrogens is 551 g/mol. The smallest absolute Gasteiger partial charge is 0.415 e. The van der Waals surface area contributed by atoms with E-state index in [2.05, 4.69) is 15.2 Å². The molecule has 1 saturated heterocycles. The Bertz CT molecular complexity index is 1480. The lowest BCUT2D eigenvalue weighted by molar-refractivity contribution is -0.121. The Morgan fingerprint density at radius 2 is 1.77 bits per heavy atom. The van der Waals surface area contributed by atoms with E-state index >= 15 is 0 Å². The van der Waals surface area contributed by atoms with Gasteiger partial charge in [0, 0.05) is 38.8 Å². The maximum atomic E-state index is 14.4. The zero-order valence-electron chi connectivity index (χ0n) is 24.9. The minimum Gasteiger partial charge on any atom is -0.493 e. The Morgan fingerprint density at radius 1 is 1.05 bits per heavy atom. The van der Waals surface area contributed by atoms with E-state index in [1.54, 1.807) is 29.3 Å². The van der Waals surface area contributed by atoms with Crippen LogP contribution in [0.15, 0.2) is 54.7 Å². The molecule has 1 aliphatic carbocycles. The van der Waals surface area contributed by atoms with Gasteiger partial charge in [-0.15, -0.1) is 0 Å². The number of hydrogen-bond acceptors (Lipinski definition) is 7. The molecule has 10 heteroatoms. The first kappa shape index (κ1) is 30.0. The predicted molar refractivity (Wildman–Crippen MR) is 162 cm³/mol. The van der Waals surface area contributed by atoms with Crippen molar-refractivity contribution in [3.8, 4) is 17.2 Å². The summed E-state index contributed by atoms with van der Waals surface area (Å²) in [6, 6.07) is 13.8. The molecule has 9 nitrogen and oxygen atoms in total. The number of ether oxygens (including phenoxy) is 3. The zero-order valence-corrected chi connectivity index (χ0v) is 24.9. The number of halogens is 1. The Morgan fingerprint density at radius 3 is 2.42 bits per heavy atom. The van der Waals surface area contributed by atoms with Crippen LogP contribution in [0.4, 0.5) is 9.18 Å². The van der Waals surface area contributed by atoms with Gasteiger partial charge in [0.1, 0.15) is 5.82 Å². The van der Waals surface area contributed by atoms with Gasteiger partial charge in [0.05, 0.1) is 26.5 Å². The highest BCUT2D eigenvalue weighted by Crippen LogP contribution is 2.49. The number of allylic oxidation sites excluding steroid dienone is 1. The van der Waals surface area contributed by atoms with Gasteiger partial charge >= 0.3 is 6.09 Å². The molecule has 0 bridgehead atoms. The molecule has 2 amide bonds. The number of carbonyl (C=O) groups excluding carboxylic acids is 2. The third-order valence-corrected chi connectivity index (χ3v) is 8.17. The number of likely N-dealkylation sites (N-methyl/N-ethyl adjacent to an activating group) is 1. The molecule has 3 aromatic rings. The number of benzene rings is 2. The lowest BCUT2D eigenvalue weighted by Gasteiger charge is -2.31. The van der Waals surface area contributed by atoms with Crippen LogP contribution in [-0.4, -0.2) is 74.2 Å². The topological polar surface area (TPSA) is 93.2 Å². The second-order valence-corrected chi connectivity index (χ2v) is 10.9. The fraction of sp³-hybridized carbons (Fsp3) is 0.364. The third-order valence-electron chi connectivity index (χ3n) is 8.17. The summed E-state index contributed by atoms with van der Waals surface area (Å²) in [5.74, 6) is 0.140. The van der Waals surface area contributed by atoms with Crippen LogP contribution < -0.4 is 19.5 Å². The van der Waals surface area contributed by atoms with Crippen LogP contribution in [-0.2, 0) is 11.3 Å². The van der Waals surface area contributed by atoms with Gasteiger partial charge in [-0.3, -0.25) is 9.78 Å². The van der Waals surface area contributed by atoms with Crippen LogP contribution in [0.5, 0.6) is 17.2 Å². The van der Waals surface area contributed by atoms with E-state index in [4.69, 9.17) is 14.2 Å². The van der Waals surface area contributed by atoms with Crippen molar-refractivity contribution in [1.29, 1.82) is 0 Å². The molecule has 2 heterocycles. The molecule has 1 fully saturated rings. The first-order valence-electron chi connectivity index (χ1n) is 14.4. The molecule has 0 saturated carbocycles. The number of pyridine rings is 1. The number of fused-ring (bicyclic) bond motifs is 1. The van der Waals surface area contributed by atoms with Crippen LogP contribution in [0.1, 0.15) is 41.6 Å². The number of hydrogen-bond donors (Lipinski definition) is 1. The lowest BCUT2D eigenvalue weighted by atomic mass is 9.88. The zero-order chi connectivity index (χ0) is 30.5. The molecular formula is C33H37FN4O5. The number of piperazine rings is 1. The minimum atomic E-state index is -0.458. The fourth-order valence-corrected chi connectivity index (χ4v) is 5.70. The van der Waals surface area contributed by atoms with Crippen molar-refractivity contribution in [2.75, 3.05) is 47.4 Å². The van der Waals surface area contributed by atoms with Gasteiger partial charge in [0.2, 0.25) is 11.7 Å². The van der Waals surface area contributed by atoms with Crippen LogP contribution in [0, 0.1) is 11.7 Å². The van der Waals surface area contributed by atoms with E-state index in [9.17, 15) is 14.0 Å². The molecule has 226 valence electrons. The average Bonchev–Trinajstić information content (AvgIpc) is 3.26.